The third-order valence-corrected chi connectivity index (χ3v) is 13.1. The Morgan fingerprint density at radius 1 is 0.961 bits per heavy atom. The van der Waals surface area contributed by atoms with E-state index in [1.54, 1.807) is 7.11 Å². The van der Waals surface area contributed by atoms with Gasteiger partial charge in [0.25, 0.3) is 5.91 Å². The average Bonchev–Trinajstić information content (AvgIpc) is 3.40. The van der Waals surface area contributed by atoms with E-state index < -0.39 is 21.5 Å². The van der Waals surface area contributed by atoms with Crippen LogP contribution in [0.4, 0.5) is 4.79 Å². The van der Waals surface area contributed by atoms with Crippen molar-refractivity contribution in [3.05, 3.63) is 48.0 Å². The summed E-state index contributed by atoms with van der Waals surface area (Å²) in [7, 11) is -1.32. The van der Waals surface area contributed by atoms with Gasteiger partial charge in [-0.05, 0) is 108 Å². The number of aryl methyl sites for hydroxylation is 1. The van der Waals surface area contributed by atoms with Crippen molar-refractivity contribution in [1.82, 2.24) is 24.3 Å². The van der Waals surface area contributed by atoms with E-state index in [0.29, 0.717) is 54.6 Å². The van der Waals surface area contributed by atoms with E-state index in [1.807, 2.05) is 37.8 Å². The number of sulfone groups is 1. The van der Waals surface area contributed by atoms with Crippen LogP contribution in [0.1, 0.15) is 76.1 Å². The molecule has 11 nitrogen and oxygen atoms in total. The second-order valence-corrected chi connectivity index (χ2v) is 18.5. The lowest BCUT2D eigenvalue weighted by molar-refractivity contribution is 0.0485. The molecule has 3 atom stereocenters. The SMILES string of the molecule is COc1cc(C(=O)N2C[C@H]3CC[C@@H]2[C@@H]3NC(=O)OC(C)(C)C)cc2nc(-c3cc4ccccc4n3CC3CC3)n(CCC3CCS(=O)(=O)CC3)c12. The fourth-order valence-electron chi connectivity index (χ4n) is 8.67. The molecule has 12 heteroatoms. The van der Waals surface area contributed by atoms with Crippen LogP contribution >= 0.6 is 0 Å². The molecule has 2 bridgehead atoms. The van der Waals surface area contributed by atoms with Crippen LogP contribution in [-0.4, -0.2) is 82.3 Å². The van der Waals surface area contributed by atoms with Crippen LogP contribution in [-0.2, 0) is 27.7 Å². The van der Waals surface area contributed by atoms with Gasteiger partial charge in [-0.2, -0.15) is 0 Å². The van der Waals surface area contributed by atoms with Gasteiger partial charge in [0.1, 0.15) is 26.7 Å². The van der Waals surface area contributed by atoms with Crippen molar-refractivity contribution in [1.29, 1.82) is 0 Å². The number of carbonyl (C=O) groups excluding carboxylic acids is 2. The number of aromatic nitrogens is 3. The molecule has 2 saturated carbocycles. The number of benzene rings is 2. The summed E-state index contributed by atoms with van der Waals surface area (Å²) in [6.07, 6.45) is 5.93. The van der Waals surface area contributed by atoms with Crippen LogP contribution in [0.5, 0.6) is 5.75 Å². The van der Waals surface area contributed by atoms with E-state index in [2.05, 4.69) is 44.8 Å². The molecule has 2 saturated heterocycles. The fourth-order valence-corrected chi connectivity index (χ4v) is 10.3. The number of imidazole rings is 1. The molecule has 51 heavy (non-hydrogen) atoms. The van der Waals surface area contributed by atoms with Crippen LogP contribution in [0, 0.1) is 17.8 Å². The van der Waals surface area contributed by atoms with E-state index in [4.69, 9.17) is 14.5 Å². The Morgan fingerprint density at radius 2 is 1.73 bits per heavy atom. The summed E-state index contributed by atoms with van der Waals surface area (Å²) >= 11 is 0. The van der Waals surface area contributed by atoms with Gasteiger partial charge in [-0.3, -0.25) is 4.79 Å². The highest BCUT2D eigenvalue weighted by atomic mass is 32.2. The molecule has 0 unspecified atom stereocenters. The number of hydrogen-bond donors (Lipinski definition) is 1. The smallest absolute Gasteiger partial charge is 0.407 e. The number of nitrogens with zero attached hydrogens (tertiary/aromatic N) is 4. The minimum absolute atomic E-state index is 0.0965. The van der Waals surface area contributed by atoms with Gasteiger partial charge in [0.05, 0.1) is 41.9 Å². The maximum absolute atomic E-state index is 14.3. The molecule has 2 aliphatic heterocycles. The molecule has 8 rings (SSSR count). The zero-order chi connectivity index (χ0) is 35.7. The van der Waals surface area contributed by atoms with Gasteiger partial charge in [0.15, 0.2) is 5.82 Å². The molecular formula is C39H49N5O6S. The second kappa shape index (κ2) is 12.9. The molecule has 272 valence electrons. The molecule has 0 radical (unpaired) electrons. The van der Waals surface area contributed by atoms with Crippen molar-refractivity contribution < 1.29 is 27.5 Å². The average molecular weight is 716 g/mol. The first kappa shape index (κ1) is 34.0. The summed E-state index contributed by atoms with van der Waals surface area (Å²) in [5.74, 6) is 2.92. The number of alkyl carbamates (subject to hydrolysis) is 1. The minimum Gasteiger partial charge on any atom is -0.494 e. The van der Waals surface area contributed by atoms with E-state index in [9.17, 15) is 18.0 Å². The summed E-state index contributed by atoms with van der Waals surface area (Å²) in [5, 5.41) is 4.22. The number of piperidine rings is 1. The first-order chi connectivity index (χ1) is 24.4. The first-order valence-electron chi connectivity index (χ1n) is 18.6. The van der Waals surface area contributed by atoms with Crippen LogP contribution < -0.4 is 10.1 Å². The van der Waals surface area contributed by atoms with Crippen LogP contribution in [0.25, 0.3) is 33.5 Å². The summed E-state index contributed by atoms with van der Waals surface area (Å²) in [4.78, 5) is 34.2. The molecule has 4 aromatic rings. The molecule has 4 heterocycles. The van der Waals surface area contributed by atoms with Gasteiger partial charge in [-0.25, -0.2) is 18.2 Å². The number of amides is 2. The lowest BCUT2D eigenvalue weighted by Gasteiger charge is -2.28. The molecule has 2 amide bonds. The predicted octanol–water partition coefficient (Wildman–Crippen LogP) is 6.42. The van der Waals surface area contributed by atoms with Crippen molar-refractivity contribution in [2.75, 3.05) is 25.2 Å². The van der Waals surface area contributed by atoms with E-state index in [1.165, 1.54) is 18.4 Å². The summed E-state index contributed by atoms with van der Waals surface area (Å²) < 4.78 is 40.6. The summed E-state index contributed by atoms with van der Waals surface area (Å²) in [6, 6.07) is 14.1. The van der Waals surface area contributed by atoms with E-state index in [0.717, 1.165) is 48.2 Å². The largest absolute Gasteiger partial charge is 0.494 e. The lowest BCUT2D eigenvalue weighted by atomic mass is 9.99. The third kappa shape index (κ3) is 6.71. The zero-order valence-electron chi connectivity index (χ0n) is 30.1. The standard InChI is InChI=1S/C39H49N5O6S/c1-39(2,3)50-38(46)41-34-27-11-12-31(34)44(23-27)37(45)28-19-29-35(33(21-28)49-4)42(16-13-24-14-17-51(47,48)18-15-24)36(40-29)32-20-26-7-5-6-8-30(26)43(32)22-25-9-10-25/h5-8,19-21,24-25,27,31,34H,9-18,22-23H2,1-4H3,(H,41,46)/t27-,31-,34-/m1/s1. The minimum atomic E-state index is -2.96. The molecule has 2 aromatic heterocycles. The van der Waals surface area contributed by atoms with Crippen molar-refractivity contribution in [3.63, 3.8) is 0 Å². The van der Waals surface area contributed by atoms with Gasteiger partial charge in [-0.1, -0.05) is 18.2 Å². The Morgan fingerprint density at radius 3 is 2.45 bits per heavy atom. The highest BCUT2D eigenvalue weighted by Crippen LogP contribution is 2.41. The lowest BCUT2D eigenvalue weighted by Crippen LogP contribution is -2.46. The Kier molecular flexibility index (Phi) is 8.59. The quantitative estimate of drug-likeness (QED) is 0.212. The number of para-hydroxylation sites is 1. The molecule has 2 aliphatic carbocycles. The number of carbonyl (C=O) groups is 2. The Bertz CT molecular complexity index is 2090. The van der Waals surface area contributed by atoms with Gasteiger partial charge >= 0.3 is 6.09 Å². The number of fused-ring (bicyclic) bond motifs is 4. The van der Waals surface area contributed by atoms with Crippen molar-refractivity contribution in [3.8, 4) is 17.3 Å². The number of methoxy groups -OCH3 is 1. The highest BCUT2D eigenvalue weighted by Gasteiger charge is 2.50. The van der Waals surface area contributed by atoms with Gasteiger partial charge in [-0.15, -0.1) is 0 Å². The zero-order valence-corrected chi connectivity index (χ0v) is 30.9. The summed E-state index contributed by atoms with van der Waals surface area (Å²) in [5.41, 5.74) is 3.65. The predicted molar refractivity (Wildman–Crippen MR) is 197 cm³/mol. The monoisotopic (exact) mass is 715 g/mol. The summed E-state index contributed by atoms with van der Waals surface area (Å²) in [6.45, 7) is 7.68. The normalized spacial score (nSPS) is 23.3. The first-order valence-corrected chi connectivity index (χ1v) is 20.4. The van der Waals surface area contributed by atoms with Crippen LogP contribution in [0.2, 0.25) is 0 Å². The second-order valence-electron chi connectivity index (χ2n) is 16.2. The van der Waals surface area contributed by atoms with Gasteiger partial charge in [0.2, 0.25) is 0 Å². The van der Waals surface area contributed by atoms with Crippen molar-refractivity contribution in [2.45, 2.75) is 96.5 Å². The molecule has 4 aliphatic rings. The van der Waals surface area contributed by atoms with Crippen molar-refractivity contribution >= 4 is 43.8 Å². The van der Waals surface area contributed by atoms with E-state index in [-0.39, 0.29) is 35.4 Å². The number of nitrogens with one attached hydrogen (secondary N) is 1. The Labute approximate surface area is 299 Å². The Hall–Kier alpha value is -4.06. The van der Waals surface area contributed by atoms with Gasteiger partial charge in [0, 0.05) is 36.1 Å². The maximum atomic E-state index is 14.3. The van der Waals surface area contributed by atoms with Crippen molar-refractivity contribution in [2.24, 2.45) is 17.8 Å². The highest BCUT2D eigenvalue weighted by molar-refractivity contribution is 7.91. The number of hydrogen-bond acceptors (Lipinski definition) is 7. The molecular weight excluding hydrogens is 667 g/mol. The number of rotatable bonds is 9. The fraction of sp³-hybridized carbons (Fsp3) is 0.564. The van der Waals surface area contributed by atoms with Crippen LogP contribution in [0.3, 0.4) is 0 Å². The van der Waals surface area contributed by atoms with Crippen LogP contribution in [0.15, 0.2) is 42.5 Å². The molecule has 2 aromatic carbocycles. The molecule has 1 N–H and O–H groups in total. The number of ether oxygens (including phenoxy) is 2. The Balaban J connectivity index is 1.16. The van der Waals surface area contributed by atoms with Gasteiger partial charge < -0.3 is 28.8 Å². The third-order valence-electron chi connectivity index (χ3n) is 11.4. The van der Waals surface area contributed by atoms with E-state index >= 15 is 0 Å². The maximum Gasteiger partial charge on any atom is 0.407 e. The topological polar surface area (TPSA) is 125 Å². The molecule has 4 fully saturated rings. The molecule has 0 spiro atoms. The number of likely N-dealkylation sites (tertiary alicyclic amines) is 1.